The number of hydrogen-bond donors (Lipinski definition) is 5. The average Bonchev–Trinajstić information content (AvgIpc) is 0.984. The van der Waals surface area contributed by atoms with E-state index in [1.54, 1.807) is 91.0 Å². The molecule has 0 aliphatic heterocycles. The summed E-state index contributed by atoms with van der Waals surface area (Å²) in [6, 6.07) is 68.6. The molecule has 0 saturated heterocycles. The molecule has 12 aromatic rings. The summed E-state index contributed by atoms with van der Waals surface area (Å²) in [4.78, 5) is 86.9. The highest BCUT2D eigenvalue weighted by atomic mass is 19.1. The lowest BCUT2D eigenvalue weighted by Gasteiger charge is -2.21. The number of aromatic nitrogens is 4. The number of carboxylic acid groups (broad SMARTS) is 2. The molecule has 0 aliphatic carbocycles. The Labute approximate surface area is 585 Å². The molecule has 0 aliphatic rings. The van der Waals surface area contributed by atoms with Crippen LogP contribution in [0.4, 0.5) is 21.5 Å². The van der Waals surface area contributed by atoms with Gasteiger partial charge in [-0.25, -0.2) is 4.39 Å². The number of carbonyl (C=O) groups excluding carboxylic acids is 4. The third-order valence-electron chi connectivity index (χ3n) is 16.4. The Hall–Kier alpha value is -13.4. The van der Waals surface area contributed by atoms with Crippen molar-refractivity contribution < 1.29 is 61.9 Å². The van der Waals surface area contributed by atoms with Crippen LogP contribution in [-0.4, -0.2) is 103 Å². The van der Waals surface area contributed by atoms with Crippen molar-refractivity contribution >= 4 is 52.6 Å². The highest BCUT2D eigenvalue weighted by molar-refractivity contribution is 5.99. The molecule has 2 heterocycles. The van der Waals surface area contributed by atoms with Crippen molar-refractivity contribution in [1.82, 2.24) is 30.1 Å². The molecule has 6 N–H and O–H groups in total. The maximum Gasteiger partial charge on any atom is 0.323 e. The first-order chi connectivity index (χ1) is 49.3. The predicted octanol–water partition coefficient (Wildman–Crippen LogP) is 14.3. The molecule has 0 bridgehead atoms. The van der Waals surface area contributed by atoms with Crippen molar-refractivity contribution in [2.75, 3.05) is 43.7 Å². The van der Waals surface area contributed by atoms with Gasteiger partial charge >= 0.3 is 11.9 Å². The number of aryl methyl sites for hydroxylation is 2. The number of anilines is 3. The number of amides is 4. The molecular weight excluding hydrogens is 1300 g/mol. The van der Waals surface area contributed by atoms with Crippen molar-refractivity contribution in [2.45, 2.75) is 39.8 Å². The SMILES string of the molecule is COc1cc(F)c(CC(=O)Nc2ccc(C(=O)N(CC(=O)O)Cc3ccc(-c4noc(-c5ccc(-c6ccc(C)cc6)cc5)n4)cc3)cc2)cc1OC.Cc1ccc(-c2ccc(-c3nc(-c4ccc(CN(CC(=O)O)C(=O)c5ccc(NC(=O)Cc6ccccc6N)cc5)cc4)no3)cc2)cc1. The Morgan fingerprint density at radius 2 is 0.804 bits per heavy atom. The number of nitrogens with two attached hydrogens (primary N) is 1. The van der Waals surface area contributed by atoms with Gasteiger partial charge in [0.1, 0.15) is 18.9 Å². The Kier molecular flexibility index (Phi) is 22.2. The molecule has 21 nitrogen and oxygen atoms in total. The lowest BCUT2D eigenvalue weighted by Crippen LogP contribution is -2.35. The van der Waals surface area contributed by atoms with Crippen LogP contribution >= 0.6 is 0 Å². The first-order valence-electron chi connectivity index (χ1n) is 32.1. The molecule has 0 spiro atoms. The fourth-order valence-electron chi connectivity index (χ4n) is 10.9. The first kappa shape index (κ1) is 70.0. The molecule has 22 heteroatoms. The van der Waals surface area contributed by atoms with Crippen LogP contribution in [0.5, 0.6) is 11.5 Å². The van der Waals surface area contributed by atoms with Crippen molar-refractivity contribution in [2.24, 2.45) is 0 Å². The van der Waals surface area contributed by atoms with Gasteiger partial charge in [0.2, 0.25) is 23.5 Å². The molecule has 0 unspecified atom stereocenters. The van der Waals surface area contributed by atoms with E-state index in [2.05, 4.69) is 86.4 Å². The highest BCUT2D eigenvalue weighted by Crippen LogP contribution is 2.32. The number of halogens is 1. The third-order valence-corrected chi connectivity index (χ3v) is 16.4. The molecule has 12 rings (SSSR count). The smallest absolute Gasteiger partial charge is 0.323 e. The molecule has 0 radical (unpaired) electrons. The number of rotatable bonds is 24. The summed E-state index contributed by atoms with van der Waals surface area (Å²) in [5.41, 5.74) is 19.8. The Morgan fingerprint density at radius 1 is 0.451 bits per heavy atom. The van der Waals surface area contributed by atoms with E-state index >= 15 is 0 Å². The van der Waals surface area contributed by atoms with E-state index < -0.39 is 48.6 Å². The van der Waals surface area contributed by atoms with Gasteiger partial charge in [-0.3, -0.25) is 28.8 Å². The number of nitrogens with one attached hydrogen (secondary N) is 2. The van der Waals surface area contributed by atoms with Crippen LogP contribution < -0.4 is 25.8 Å². The minimum Gasteiger partial charge on any atom is -0.493 e. The van der Waals surface area contributed by atoms with Crippen LogP contribution in [0.3, 0.4) is 0 Å². The molecule has 0 saturated carbocycles. The summed E-state index contributed by atoms with van der Waals surface area (Å²) >= 11 is 0. The Balaban J connectivity index is 0.000000206. The Bertz CT molecular complexity index is 4950. The molecule has 0 atom stereocenters. The molecule has 0 fully saturated rings. The van der Waals surface area contributed by atoms with E-state index in [0.717, 1.165) is 45.0 Å². The molecule has 4 amide bonds. The monoisotopic (exact) mass is 1370 g/mol. The van der Waals surface area contributed by atoms with Gasteiger partial charge in [-0.05, 0) is 138 Å². The van der Waals surface area contributed by atoms with Crippen LogP contribution in [0.1, 0.15) is 54.1 Å². The van der Waals surface area contributed by atoms with E-state index in [4.69, 9.17) is 24.3 Å². The third kappa shape index (κ3) is 18.0. The van der Waals surface area contributed by atoms with Crippen LogP contribution in [-0.2, 0) is 45.1 Å². The summed E-state index contributed by atoms with van der Waals surface area (Å²) in [5.74, 6) is -2.61. The largest absolute Gasteiger partial charge is 0.493 e. The van der Waals surface area contributed by atoms with Gasteiger partial charge in [0.25, 0.3) is 23.6 Å². The summed E-state index contributed by atoms with van der Waals surface area (Å²) in [5, 5.41) is 32.8. The maximum atomic E-state index is 14.5. The van der Waals surface area contributed by atoms with Crippen LogP contribution in [0.25, 0.3) is 67.9 Å². The van der Waals surface area contributed by atoms with Gasteiger partial charge in [-0.2, -0.15) is 9.97 Å². The number of methoxy groups -OCH3 is 2. The fourth-order valence-corrected chi connectivity index (χ4v) is 10.9. The second-order valence-corrected chi connectivity index (χ2v) is 23.8. The number of benzene rings is 10. The lowest BCUT2D eigenvalue weighted by molar-refractivity contribution is -0.138. The highest BCUT2D eigenvalue weighted by Gasteiger charge is 2.23. The number of hydrogen-bond acceptors (Lipinski definition) is 15. The zero-order chi connectivity index (χ0) is 71.8. The number of ether oxygens (including phenoxy) is 2. The van der Waals surface area contributed by atoms with Gasteiger partial charge in [0.15, 0.2) is 11.5 Å². The van der Waals surface area contributed by atoms with E-state index in [0.29, 0.717) is 68.5 Å². The number of para-hydroxylation sites is 1. The van der Waals surface area contributed by atoms with Crippen molar-refractivity contribution in [1.29, 1.82) is 0 Å². The van der Waals surface area contributed by atoms with Crippen LogP contribution in [0.15, 0.2) is 240 Å². The summed E-state index contributed by atoms with van der Waals surface area (Å²) in [6.07, 6.45) is -0.163. The Morgan fingerprint density at radius 3 is 1.19 bits per heavy atom. The van der Waals surface area contributed by atoms with Crippen molar-refractivity contribution in [3.8, 4) is 79.4 Å². The van der Waals surface area contributed by atoms with Gasteiger partial charge in [0, 0.05) is 75.2 Å². The van der Waals surface area contributed by atoms with Crippen LogP contribution in [0, 0.1) is 19.7 Å². The zero-order valence-corrected chi connectivity index (χ0v) is 55.8. The molecule has 2 aromatic heterocycles. The fraction of sp³-hybridized carbons (Fsp3) is 0.125. The van der Waals surface area contributed by atoms with Gasteiger partial charge in [0.05, 0.1) is 27.1 Å². The maximum absolute atomic E-state index is 14.5. The normalized spacial score (nSPS) is 10.8. The molecule has 102 heavy (non-hydrogen) atoms. The minimum absolute atomic E-state index is 0.0195. The molecule has 10 aromatic carbocycles. The van der Waals surface area contributed by atoms with Crippen molar-refractivity contribution in [3.05, 3.63) is 281 Å². The van der Waals surface area contributed by atoms with Crippen LogP contribution in [0.2, 0.25) is 0 Å². The number of aliphatic carboxylic acids is 2. The van der Waals surface area contributed by atoms with E-state index in [1.807, 2.05) is 61.5 Å². The summed E-state index contributed by atoms with van der Waals surface area (Å²) in [6.45, 7) is 3.16. The topological polar surface area (TPSA) is 296 Å². The number of carboxylic acids is 2. The summed E-state index contributed by atoms with van der Waals surface area (Å²) in [7, 11) is 2.80. The van der Waals surface area contributed by atoms with E-state index in [-0.39, 0.29) is 54.3 Å². The zero-order valence-electron chi connectivity index (χ0n) is 55.8. The predicted molar refractivity (Wildman–Crippen MR) is 383 cm³/mol. The van der Waals surface area contributed by atoms with Gasteiger partial charge < -0.3 is 54.9 Å². The second-order valence-electron chi connectivity index (χ2n) is 23.8. The summed E-state index contributed by atoms with van der Waals surface area (Å²) < 4.78 is 35.9. The number of nitrogens with zero attached hydrogens (tertiary/aromatic N) is 6. The van der Waals surface area contributed by atoms with Crippen molar-refractivity contribution in [3.63, 3.8) is 0 Å². The molecular formula is C80H68FN9O12. The second kappa shape index (κ2) is 32.3. The number of carbonyl (C=O) groups is 6. The first-order valence-corrected chi connectivity index (χ1v) is 32.1. The average molecular weight is 1370 g/mol. The van der Waals surface area contributed by atoms with E-state index in [1.165, 1.54) is 65.5 Å². The standard InChI is InChI=1S/C41H35FN4O7.C39H33N5O5/c1-25-4-8-27(9-5-25)28-12-14-30(15-13-28)40-44-39(45-53-40)29-10-6-26(7-11-29)23-46(24-38(48)49)41(50)31-16-18-33(19-17-31)43-37(47)21-32-20-35(51-2)36(52-3)22-34(32)42;1-25-6-10-27(11-7-25)28-14-16-30(17-15-28)38-42-37(43-49-38)29-12-8-26(9-13-29)23-44(24-36(46)47)39(48)31-18-20-33(21-19-31)41-35(45)22-32-4-2-3-5-34(32)40/h4-20,22H,21,23-24H2,1-3H3,(H,43,47)(H,48,49);2-21H,22-24,40H2,1H3,(H,41,45)(H,46,47). The molecule has 512 valence electrons. The quantitative estimate of drug-likeness (QED) is 0.0351. The number of nitrogen functional groups attached to an aromatic ring is 1. The minimum atomic E-state index is -1.17. The lowest BCUT2D eigenvalue weighted by atomic mass is 10.0. The van der Waals surface area contributed by atoms with Gasteiger partial charge in [-0.15, -0.1) is 0 Å². The van der Waals surface area contributed by atoms with Gasteiger partial charge in [-0.1, -0.05) is 161 Å². The van der Waals surface area contributed by atoms with E-state index in [9.17, 15) is 43.4 Å².